The first kappa shape index (κ1) is 21.2. The average Bonchev–Trinajstić information content (AvgIpc) is 2.50. The lowest BCUT2D eigenvalue weighted by Gasteiger charge is -2.42. The lowest BCUT2D eigenvalue weighted by molar-refractivity contribution is -0.138. The van der Waals surface area contributed by atoms with Crippen LogP contribution in [-0.4, -0.2) is 50.7 Å². The molecule has 0 radical (unpaired) electrons. The van der Waals surface area contributed by atoms with Crippen molar-refractivity contribution in [3.63, 3.8) is 0 Å². The summed E-state index contributed by atoms with van der Waals surface area (Å²) >= 11 is 0. The summed E-state index contributed by atoms with van der Waals surface area (Å²) in [5, 5.41) is 20.1. The van der Waals surface area contributed by atoms with Crippen LogP contribution in [0.1, 0.15) is 66.7 Å². The Morgan fingerprint density at radius 1 is 1.27 bits per heavy atom. The molecular weight excluding hydrogens is 334 g/mol. The molecule has 0 spiro atoms. The Kier molecular flexibility index (Phi) is 5.57. The zero-order chi connectivity index (χ0) is 20.0. The van der Waals surface area contributed by atoms with Crippen LogP contribution in [0.4, 0.5) is 0 Å². The van der Waals surface area contributed by atoms with Crippen molar-refractivity contribution in [2.75, 3.05) is 6.61 Å². The Morgan fingerprint density at radius 3 is 2.38 bits per heavy atom. The summed E-state index contributed by atoms with van der Waals surface area (Å²) in [6, 6.07) is 0. The molecule has 0 saturated heterocycles. The van der Waals surface area contributed by atoms with Gasteiger partial charge in [-0.2, -0.15) is 0 Å². The van der Waals surface area contributed by atoms with Gasteiger partial charge in [0.15, 0.2) is 11.6 Å². The molecule has 2 aliphatic rings. The van der Waals surface area contributed by atoms with Crippen molar-refractivity contribution in [3.05, 3.63) is 11.6 Å². The van der Waals surface area contributed by atoms with Crippen molar-refractivity contribution < 1.29 is 24.5 Å². The van der Waals surface area contributed by atoms with Gasteiger partial charge in [-0.3, -0.25) is 9.59 Å². The molecule has 0 heterocycles. The van der Waals surface area contributed by atoms with Crippen LogP contribution >= 0.6 is 0 Å². The third-order valence-electron chi connectivity index (χ3n) is 6.11. The number of aliphatic hydroxyl groups is 2. The van der Waals surface area contributed by atoms with Gasteiger partial charge < -0.3 is 20.7 Å². The third-order valence-corrected chi connectivity index (χ3v) is 6.11. The predicted octanol–water partition coefficient (Wildman–Crippen LogP) is 1.66. The molecular formula is C20H33NO5. The van der Waals surface area contributed by atoms with E-state index < -0.39 is 22.3 Å². The fourth-order valence-corrected chi connectivity index (χ4v) is 3.62. The summed E-state index contributed by atoms with van der Waals surface area (Å²) in [5.74, 6) is -0.511. The molecule has 0 aliphatic heterocycles. The standard InChI is InChI=1S/C20H33NO5/c1-17(2,24)13-7-9-20(21,16(23)10-13)12-26-18(3,4)14-6-8-19(5,25)15(22)11-14/h11,13,24-25H,6-10,12,21H2,1-5H3. The number of carbonyl (C=O) groups excluding carboxylic acids is 2. The summed E-state index contributed by atoms with van der Waals surface area (Å²) in [4.78, 5) is 24.6. The smallest absolute Gasteiger partial charge is 0.186 e. The van der Waals surface area contributed by atoms with E-state index in [1.807, 2.05) is 13.8 Å². The molecule has 4 N–H and O–H groups in total. The molecule has 26 heavy (non-hydrogen) atoms. The molecule has 3 unspecified atom stereocenters. The first-order valence-electron chi connectivity index (χ1n) is 9.34. The van der Waals surface area contributed by atoms with Crippen LogP contribution < -0.4 is 5.73 Å². The van der Waals surface area contributed by atoms with Crippen molar-refractivity contribution >= 4 is 11.6 Å². The molecule has 148 valence electrons. The highest BCUT2D eigenvalue weighted by Gasteiger charge is 2.45. The van der Waals surface area contributed by atoms with Gasteiger partial charge in [0.25, 0.3) is 0 Å². The van der Waals surface area contributed by atoms with Gasteiger partial charge in [0, 0.05) is 6.42 Å². The Hall–Kier alpha value is -1.08. The molecule has 2 aliphatic carbocycles. The second-order valence-corrected chi connectivity index (χ2v) is 9.28. The van der Waals surface area contributed by atoms with Gasteiger partial charge in [-0.05, 0) is 77.9 Å². The van der Waals surface area contributed by atoms with Gasteiger partial charge in [0.1, 0.15) is 5.60 Å². The SMILES string of the molecule is CC1(O)CCC(C(C)(C)OCC2(N)CCC(C(C)(C)O)CC2=O)=CC1=O. The number of carbonyl (C=O) groups is 2. The molecule has 0 amide bonds. The molecule has 1 fully saturated rings. The van der Waals surface area contributed by atoms with E-state index in [0.717, 1.165) is 5.57 Å². The number of hydrogen-bond acceptors (Lipinski definition) is 6. The Labute approximate surface area is 155 Å². The van der Waals surface area contributed by atoms with E-state index in [4.69, 9.17) is 10.5 Å². The monoisotopic (exact) mass is 367 g/mol. The van der Waals surface area contributed by atoms with Gasteiger partial charge in [0.2, 0.25) is 0 Å². The van der Waals surface area contributed by atoms with Crippen molar-refractivity contribution in [2.45, 2.75) is 89.1 Å². The molecule has 2 rings (SSSR count). The second kappa shape index (κ2) is 6.82. The van der Waals surface area contributed by atoms with E-state index in [1.165, 1.54) is 13.0 Å². The van der Waals surface area contributed by atoms with Gasteiger partial charge in [0.05, 0.1) is 23.3 Å². The van der Waals surface area contributed by atoms with Crippen LogP contribution in [0.15, 0.2) is 11.6 Å². The molecule has 0 bridgehead atoms. The summed E-state index contributed by atoms with van der Waals surface area (Å²) in [6.07, 6.45) is 3.73. The van der Waals surface area contributed by atoms with E-state index >= 15 is 0 Å². The third kappa shape index (κ3) is 4.42. The fraction of sp³-hybridized carbons (Fsp3) is 0.800. The van der Waals surface area contributed by atoms with E-state index in [-0.39, 0.29) is 30.5 Å². The van der Waals surface area contributed by atoms with Crippen LogP contribution in [-0.2, 0) is 14.3 Å². The second-order valence-electron chi connectivity index (χ2n) is 9.28. The summed E-state index contributed by atoms with van der Waals surface area (Å²) in [6.45, 7) is 8.72. The van der Waals surface area contributed by atoms with Crippen molar-refractivity contribution in [1.82, 2.24) is 0 Å². The molecule has 0 aromatic heterocycles. The zero-order valence-electron chi connectivity index (χ0n) is 16.6. The maximum atomic E-state index is 12.6. The highest BCUT2D eigenvalue weighted by molar-refractivity contribution is 5.98. The molecule has 0 aromatic carbocycles. The average molecular weight is 367 g/mol. The van der Waals surface area contributed by atoms with Crippen molar-refractivity contribution in [3.8, 4) is 0 Å². The van der Waals surface area contributed by atoms with Gasteiger partial charge >= 0.3 is 0 Å². The maximum absolute atomic E-state index is 12.6. The number of ether oxygens (including phenoxy) is 1. The Balaban J connectivity index is 2.03. The molecule has 1 saturated carbocycles. The minimum atomic E-state index is -1.32. The maximum Gasteiger partial charge on any atom is 0.186 e. The topological polar surface area (TPSA) is 110 Å². The lowest BCUT2D eigenvalue weighted by atomic mass is 9.71. The summed E-state index contributed by atoms with van der Waals surface area (Å²) < 4.78 is 6.01. The largest absolute Gasteiger partial charge is 0.390 e. The number of Topliss-reactive ketones (excluding diaryl/α,β-unsaturated/α-hetero) is 1. The van der Waals surface area contributed by atoms with Crippen molar-refractivity contribution in [2.24, 2.45) is 11.7 Å². The normalized spacial score (nSPS) is 34.0. The first-order valence-corrected chi connectivity index (χ1v) is 9.34. The summed E-state index contributed by atoms with van der Waals surface area (Å²) in [5.41, 5.74) is 3.10. The number of ketones is 2. The van der Waals surface area contributed by atoms with E-state index in [1.54, 1.807) is 13.8 Å². The Morgan fingerprint density at radius 2 is 1.88 bits per heavy atom. The van der Waals surface area contributed by atoms with Crippen LogP contribution in [0.2, 0.25) is 0 Å². The van der Waals surface area contributed by atoms with Crippen LogP contribution in [0, 0.1) is 5.92 Å². The highest BCUT2D eigenvalue weighted by atomic mass is 16.5. The quantitative estimate of drug-likeness (QED) is 0.682. The van der Waals surface area contributed by atoms with Crippen molar-refractivity contribution in [1.29, 1.82) is 0 Å². The van der Waals surface area contributed by atoms with E-state index in [9.17, 15) is 19.8 Å². The minimum Gasteiger partial charge on any atom is -0.390 e. The molecule has 6 nitrogen and oxygen atoms in total. The number of rotatable bonds is 5. The highest BCUT2D eigenvalue weighted by Crippen LogP contribution is 2.37. The lowest BCUT2D eigenvalue weighted by Crippen LogP contribution is -2.58. The molecule has 0 aromatic rings. The Bertz CT molecular complexity index is 614. The van der Waals surface area contributed by atoms with Crippen LogP contribution in [0.25, 0.3) is 0 Å². The van der Waals surface area contributed by atoms with Crippen LogP contribution in [0.5, 0.6) is 0 Å². The molecule has 3 atom stereocenters. The number of hydrogen-bond donors (Lipinski definition) is 3. The van der Waals surface area contributed by atoms with Gasteiger partial charge in [-0.15, -0.1) is 0 Å². The number of nitrogens with two attached hydrogens (primary N) is 1. The zero-order valence-corrected chi connectivity index (χ0v) is 16.6. The van der Waals surface area contributed by atoms with Crippen LogP contribution in [0.3, 0.4) is 0 Å². The fourth-order valence-electron chi connectivity index (χ4n) is 3.62. The van der Waals surface area contributed by atoms with Gasteiger partial charge in [-0.1, -0.05) is 0 Å². The van der Waals surface area contributed by atoms with E-state index in [2.05, 4.69) is 0 Å². The molecule has 6 heteroatoms. The summed E-state index contributed by atoms with van der Waals surface area (Å²) in [7, 11) is 0. The van der Waals surface area contributed by atoms with Gasteiger partial charge in [-0.25, -0.2) is 0 Å². The predicted molar refractivity (Wildman–Crippen MR) is 98.5 cm³/mol. The minimum absolute atomic E-state index is 0.0688. The van der Waals surface area contributed by atoms with E-state index in [0.29, 0.717) is 25.7 Å². The first-order chi connectivity index (χ1) is 11.7.